The lowest BCUT2D eigenvalue weighted by atomic mass is 10.1. The van der Waals surface area contributed by atoms with Crippen LogP contribution in [-0.2, 0) is 10.5 Å². The average Bonchev–Trinajstić information content (AvgIpc) is 2.72. The third kappa shape index (κ3) is 3.23. The van der Waals surface area contributed by atoms with E-state index in [1.807, 2.05) is 30.0 Å². The second-order valence-corrected chi connectivity index (χ2v) is 5.51. The van der Waals surface area contributed by atoms with Crippen LogP contribution in [0.1, 0.15) is 29.3 Å². The maximum Gasteiger partial charge on any atom is 0.248 e. The van der Waals surface area contributed by atoms with Crippen LogP contribution in [0.4, 0.5) is 0 Å². The van der Waals surface area contributed by atoms with E-state index in [-0.39, 0.29) is 5.91 Å². The Hall–Kier alpha value is -1.00. The van der Waals surface area contributed by atoms with Crippen LogP contribution in [0.25, 0.3) is 0 Å². The Bertz CT molecular complexity index is 408. The quantitative estimate of drug-likeness (QED) is 0.892. The fourth-order valence-electron chi connectivity index (χ4n) is 1.95. The van der Waals surface area contributed by atoms with Gasteiger partial charge >= 0.3 is 0 Å². The summed E-state index contributed by atoms with van der Waals surface area (Å²) in [6.45, 7) is 2.98. The molecule has 2 rings (SSSR count). The van der Waals surface area contributed by atoms with E-state index in [1.165, 1.54) is 0 Å². The fourth-order valence-corrected chi connectivity index (χ4v) is 3.15. The molecule has 1 aromatic carbocycles. The van der Waals surface area contributed by atoms with Gasteiger partial charge in [0.1, 0.15) is 0 Å². The fraction of sp³-hybridized carbons (Fsp3) is 0.462. The zero-order valence-electron chi connectivity index (χ0n) is 9.89. The van der Waals surface area contributed by atoms with Gasteiger partial charge in [-0.15, -0.1) is 0 Å². The lowest BCUT2D eigenvalue weighted by molar-refractivity contribution is 0.1000. The Labute approximate surface area is 106 Å². The number of hydrogen-bond acceptors (Lipinski definition) is 3. The molecule has 0 saturated carbocycles. The third-order valence-corrected chi connectivity index (χ3v) is 4.53. The minimum absolute atomic E-state index is 0.333. The molecule has 2 atom stereocenters. The minimum atomic E-state index is -0.366. The van der Waals surface area contributed by atoms with E-state index in [1.54, 1.807) is 6.07 Å². The molecule has 0 bridgehead atoms. The molecule has 1 aliphatic heterocycles. The molecule has 1 amide bonds. The molecule has 4 heteroatoms. The van der Waals surface area contributed by atoms with Gasteiger partial charge in [0, 0.05) is 23.2 Å². The lowest BCUT2D eigenvalue weighted by Gasteiger charge is -2.13. The number of thioether (sulfide) groups is 1. The number of amides is 1. The minimum Gasteiger partial charge on any atom is -0.377 e. The van der Waals surface area contributed by atoms with Crippen LogP contribution < -0.4 is 5.73 Å². The Morgan fingerprint density at radius 2 is 2.41 bits per heavy atom. The number of primary amides is 1. The number of carbonyl (C=O) groups is 1. The summed E-state index contributed by atoms with van der Waals surface area (Å²) in [7, 11) is 0. The van der Waals surface area contributed by atoms with Crippen molar-refractivity contribution < 1.29 is 9.53 Å². The highest BCUT2D eigenvalue weighted by atomic mass is 32.2. The highest BCUT2D eigenvalue weighted by Gasteiger charge is 2.24. The van der Waals surface area contributed by atoms with Gasteiger partial charge in [-0.1, -0.05) is 12.1 Å². The van der Waals surface area contributed by atoms with E-state index in [0.717, 1.165) is 24.3 Å². The predicted molar refractivity (Wildman–Crippen MR) is 70.1 cm³/mol. The smallest absolute Gasteiger partial charge is 0.248 e. The largest absolute Gasteiger partial charge is 0.377 e. The topological polar surface area (TPSA) is 52.3 Å². The van der Waals surface area contributed by atoms with Gasteiger partial charge in [-0.3, -0.25) is 4.79 Å². The Balaban J connectivity index is 1.94. The molecule has 0 unspecified atom stereocenters. The van der Waals surface area contributed by atoms with Crippen molar-refractivity contribution >= 4 is 17.7 Å². The number of benzene rings is 1. The molecule has 92 valence electrons. The van der Waals surface area contributed by atoms with Crippen molar-refractivity contribution in [3.05, 3.63) is 35.4 Å². The highest BCUT2D eigenvalue weighted by molar-refractivity contribution is 7.99. The first-order chi connectivity index (χ1) is 8.16. The maximum atomic E-state index is 11.1. The van der Waals surface area contributed by atoms with E-state index < -0.39 is 0 Å². The lowest BCUT2D eigenvalue weighted by Crippen LogP contribution is -2.14. The van der Waals surface area contributed by atoms with Crippen molar-refractivity contribution in [2.45, 2.75) is 30.5 Å². The van der Waals surface area contributed by atoms with Crippen LogP contribution in [0.3, 0.4) is 0 Å². The summed E-state index contributed by atoms with van der Waals surface area (Å²) >= 11 is 1.89. The van der Waals surface area contributed by atoms with Gasteiger partial charge in [-0.25, -0.2) is 0 Å². The van der Waals surface area contributed by atoms with Crippen molar-refractivity contribution in [1.29, 1.82) is 0 Å². The number of nitrogens with two attached hydrogens (primary N) is 1. The van der Waals surface area contributed by atoms with E-state index in [4.69, 9.17) is 10.5 Å². The Kier molecular flexibility index (Phi) is 4.07. The summed E-state index contributed by atoms with van der Waals surface area (Å²) < 4.78 is 5.52. The van der Waals surface area contributed by atoms with Crippen LogP contribution >= 0.6 is 11.8 Å². The van der Waals surface area contributed by atoms with Crippen molar-refractivity contribution in [3.8, 4) is 0 Å². The van der Waals surface area contributed by atoms with Crippen LogP contribution in [0.5, 0.6) is 0 Å². The molecule has 0 aromatic heterocycles. The van der Waals surface area contributed by atoms with E-state index >= 15 is 0 Å². The standard InChI is InChI=1S/C13H17NO2S/c1-9-12(5-6-16-9)17-8-10-3-2-4-11(7-10)13(14)15/h2-4,7,9,12H,5-6,8H2,1H3,(H2,14,15)/t9-,12-/m0/s1. The van der Waals surface area contributed by atoms with Gasteiger partial charge in [0.2, 0.25) is 5.91 Å². The molecule has 3 nitrogen and oxygen atoms in total. The van der Waals surface area contributed by atoms with Crippen LogP contribution in [-0.4, -0.2) is 23.9 Å². The number of carbonyl (C=O) groups excluding carboxylic acids is 1. The summed E-state index contributed by atoms with van der Waals surface area (Å²) in [6.07, 6.45) is 1.45. The summed E-state index contributed by atoms with van der Waals surface area (Å²) in [6, 6.07) is 7.53. The third-order valence-electron chi connectivity index (χ3n) is 2.98. The number of rotatable bonds is 4. The van der Waals surface area contributed by atoms with Gasteiger partial charge in [0.15, 0.2) is 0 Å². The molecule has 1 fully saturated rings. The van der Waals surface area contributed by atoms with Gasteiger partial charge in [0.25, 0.3) is 0 Å². The van der Waals surface area contributed by atoms with Crippen LogP contribution in [0.2, 0.25) is 0 Å². The highest BCUT2D eigenvalue weighted by Crippen LogP contribution is 2.29. The molecule has 0 radical (unpaired) electrons. The molecular weight excluding hydrogens is 234 g/mol. The average molecular weight is 251 g/mol. The van der Waals surface area contributed by atoms with Crippen LogP contribution in [0.15, 0.2) is 24.3 Å². The van der Waals surface area contributed by atoms with E-state index in [9.17, 15) is 4.79 Å². The normalized spacial score (nSPS) is 23.8. The molecule has 1 aliphatic rings. The first-order valence-electron chi connectivity index (χ1n) is 5.79. The molecule has 1 heterocycles. The second-order valence-electron chi connectivity index (χ2n) is 4.28. The van der Waals surface area contributed by atoms with Crippen molar-refractivity contribution in [3.63, 3.8) is 0 Å². The molecular formula is C13H17NO2S. The monoisotopic (exact) mass is 251 g/mol. The van der Waals surface area contributed by atoms with E-state index in [2.05, 4.69) is 6.92 Å². The first-order valence-corrected chi connectivity index (χ1v) is 6.83. The zero-order chi connectivity index (χ0) is 12.3. The van der Waals surface area contributed by atoms with Gasteiger partial charge in [0.05, 0.1) is 6.10 Å². The van der Waals surface area contributed by atoms with Gasteiger partial charge < -0.3 is 10.5 Å². The molecule has 1 saturated heterocycles. The molecule has 0 aliphatic carbocycles. The molecule has 2 N–H and O–H groups in total. The summed E-state index contributed by atoms with van der Waals surface area (Å²) in [5, 5.41) is 0.562. The predicted octanol–water partition coefficient (Wildman–Crippen LogP) is 2.20. The van der Waals surface area contributed by atoms with Gasteiger partial charge in [-0.2, -0.15) is 11.8 Å². The molecule has 0 spiro atoms. The Morgan fingerprint density at radius 1 is 1.59 bits per heavy atom. The Morgan fingerprint density at radius 3 is 3.06 bits per heavy atom. The van der Waals surface area contributed by atoms with E-state index in [0.29, 0.717) is 16.9 Å². The summed E-state index contributed by atoms with van der Waals surface area (Å²) in [4.78, 5) is 11.1. The summed E-state index contributed by atoms with van der Waals surface area (Å²) in [5.41, 5.74) is 6.98. The SMILES string of the molecule is C[C@@H]1OCC[C@@H]1SCc1cccc(C(N)=O)c1. The number of hydrogen-bond donors (Lipinski definition) is 1. The van der Waals surface area contributed by atoms with Crippen LogP contribution in [0, 0.1) is 0 Å². The zero-order valence-corrected chi connectivity index (χ0v) is 10.7. The molecule has 1 aromatic rings. The van der Waals surface area contributed by atoms with Crippen molar-refractivity contribution in [2.75, 3.05) is 6.61 Å². The van der Waals surface area contributed by atoms with Gasteiger partial charge in [-0.05, 0) is 31.0 Å². The van der Waals surface area contributed by atoms with Crippen molar-refractivity contribution in [1.82, 2.24) is 0 Å². The summed E-state index contributed by atoms with van der Waals surface area (Å²) in [5.74, 6) is 0.536. The number of ether oxygens (including phenoxy) is 1. The van der Waals surface area contributed by atoms with Crippen molar-refractivity contribution in [2.24, 2.45) is 5.73 Å². The second kappa shape index (κ2) is 5.56. The first kappa shape index (κ1) is 12.5. The maximum absolute atomic E-state index is 11.1. The molecule has 17 heavy (non-hydrogen) atoms.